The van der Waals surface area contributed by atoms with Crippen LogP contribution in [0, 0.1) is 0 Å². The number of hydrogen-bond donors (Lipinski definition) is 2. The maximum Gasteiger partial charge on any atom is 0.336 e. The van der Waals surface area contributed by atoms with Gasteiger partial charge in [0.2, 0.25) is 0 Å². The molecule has 0 saturated carbocycles. The fourth-order valence-corrected chi connectivity index (χ4v) is 9.04. The fourth-order valence-electron chi connectivity index (χ4n) is 9.04. The summed E-state index contributed by atoms with van der Waals surface area (Å²) in [4.78, 5) is 16.5. The topological polar surface area (TPSA) is 84.1 Å². The minimum absolute atomic E-state index is 0.263. The van der Waals surface area contributed by atoms with Gasteiger partial charge in [0, 0.05) is 61.1 Å². The van der Waals surface area contributed by atoms with Crippen molar-refractivity contribution in [2.75, 3.05) is 32.1 Å². The van der Waals surface area contributed by atoms with Crippen LogP contribution in [0.5, 0.6) is 0 Å². The zero-order valence-corrected chi connectivity index (χ0v) is 39.4. The molecule has 4 rings (SSSR count). The van der Waals surface area contributed by atoms with Gasteiger partial charge in [0.15, 0.2) is 0 Å². The Hall–Kier alpha value is -3.64. The summed E-state index contributed by atoms with van der Waals surface area (Å²) in [5.41, 5.74) is 4.29. The number of aromatic carboxylic acids is 1. The molecular weight excluding hydrogens is 765 g/mol. The van der Waals surface area contributed by atoms with Gasteiger partial charge < -0.3 is 19.6 Å². The number of carboxylic acid groups (broad SMARTS) is 1. The molecule has 0 spiro atoms. The van der Waals surface area contributed by atoms with Crippen LogP contribution in [0.2, 0.25) is 0 Å². The first kappa shape index (κ1) is 51.0. The largest absolute Gasteiger partial charge is 0.478 e. The molecule has 0 amide bonds. The predicted molar refractivity (Wildman–Crippen MR) is 265 cm³/mol. The average molecular weight is 851 g/mol. The number of nitrogens with zero attached hydrogens (tertiary/aromatic N) is 1. The summed E-state index contributed by atoms with van der Waals surface area (Å²) in [7, 11) is 1.75. The zero-order chi connectivity index (χ0) is 43.7. The van der Waals surface area contributed by atoms with Gasteiger partial charge in [-0.1, -0.05) is 211 Å². The van der Waals surface area contributed by atoms with E-state index in [1.165, 1.54) is 186 Å². The van der Waals surface area contributed by atoms with E-state index in [0.717, 1.165) is 60.2 Å². The molecule has 1 heterocycles. The van der Waals surface area contributed by atoms with Crippen molar-refractivity contribution in [3.8, 4) is 22.5 Å². The lowest BCUT2D eigenvalue weighted by atomic mass is 9.90. The highest BCUT2D eigenvalue weighted by Crippen LogP contribution is 2.41. The number of carbonyl (C=O) groups is 1. The molecule has 62 heavy (non-hydrogen) atoms. The first-order valence-corrected chi connectivity index (χ1v) is 25.7. The van der Waals surface area contributed by atoms with Gasteiger partial charge in [-0.15, -0.1) is 0 Å². The highest BCUT2D eigenvalue weighted by Gasteiger charge is 2.21. The van der Waals surface area contributed by atoms with E-state index in [1.54, 1.807) is 19.2 Å². The van der Waals surface area contributed by atoms with Crippen molar-refractivity contribution >= 4 is 22.6 Å². The van der Waals surface area contributed by atoms with Gasteiger partial charge in [0.1, 0.15) is 11.3 Å². The molecule has 1 aliphatic heterocycles. The molecule has 1 aliphatic carbocycles. The predicted octanol–water partition coefficient (Wildman–Crippen LogP) is 17.0. The molecule has 2 aliphatic rings. The van der Waals surface area contributed by atoms with Crippen LogP contribution in [-0.4, -0.2) is 37.9 Å². The third kappa shape index (κ3) is 20.2. The molecule has 344 valence electrons. The van der Waals surface area contributed by atoms with E-state index in [2.05, 4.69) is 17.2 Å². The quantitative estimate of drug-likeness (QED) is 0.0347. The van der Waals surface area contributed by atoms with Crippen LogP contribution in [0.4, 0.5) is 5.69 Å². The van der Waals surface area contributed by atoms with Crippen molar-refractivity contribution in [1.29, 1.82) is 0 Å². The van der Waals surface area contributed by atoms with Crippen LogP contribution in [-0.2, 0) is 4.74 Å². The minimum Gasteiger partial charge on any atom is -0.478 e. The average Bonchev–Trinajstić information content (AvgIpc) is 3.29. The highest BCUT2D eigenvalue weighted by molar-refractivity contribution is 6.07. The molecule has 0 fully saturated rings. The van der Waals surface area contributed by atoms with Crippen LogP contribution in [0.25, 0.3) is 33.4 Å². The van der Waals surface area contributed by atoms with Crippen molar-refractivity contribution < 1.29 is 19.1 Å². The summed E-state index contributed by atoms with van der Waals surface area (Å²) in [6, 6.07) is 19.0. The van der Waals surface area contributed by atoms with Crippen molar-refractivity contribution in [2.45, 2.75) is 206 Å². The molecular formula is C56H86N2O4. The summed E-state index contributed by atoms with van der Waals surface area (Å²) in [6.45, 7) is 4.69. The van der Waals surface area contributed by atoms with Gasteiger partial charge in [0.25, 0.3) is 0 Å². The fraction of sp³-hybridized carbons (Fsp3) is 0.643. The summed E-state index contributed by atoms with van der Waals surface area (Å²) in [5, 5.41) is 15.2. The Kier molecular flexibility index (Phi) is 27.1. The second kappa shape index (κ2) is 33.0. The Morgan fingerprint density at radius 2 is 1.05 bits per heavy atom. The summed E-state index contributed by atoms with van der Waals surface area (Å²) in [6.07, 6.45) is 43.7. The third-order valence-electron chi connectivity index (χ3n) is 12.8. The van der Waals surface area contributed by atoms with Gasteiger partial charge in [-0.3, -0.25) is 4.99 Å². The standard InChI is InChI=1S/C56H86N2O4/c1-3-4-5-6-7-8-9-10-11-12-13-14-15-16-17-18-19-20-21-22-23-24-25-26-27-28-29-30-31-34-43-61-44-35-42-58-48-39-41-52-54(46-48)62-53-45-47(57-2)38-40-51(53)55(52)49-36-32-33-37-50(49)56(59)60/h32-33,36-41,45-46,58H,3-31,34-35,42-44H2,1-2H3,(H,59,60). The number of anilines is 1. The monoisotopic (exact) mass is 851 g/mol. The van der Waals surface area contributed by atoms with Crippen LogP contribution < -0.4 is 10.7 Å². The lowest BCUT2D eigenvalue weighted by molar-refractivity contribution is 0.0697. The number of ether oxygens (including phenoxy) is 1. The smallest absolute Gasteiger partial charge is 0.336 e. The summed E-state index contributed by atoms with van der Waals surface area (Å²) >= 11 is 0. The first-order valence-electron chi connectivity index (χ1n) is 25.7. The molecule has 0 radical (unpaired) electrons. The molecule has 0 unspecified atom stereocenters. The van der Waals surface area contributed by atoms with Crippen molar-refractivity contribution in [3.05, 3.63) is 71.6 Å². The van der Waals surface area contributed by atoms with Crippen LogP contribution >= 0.6 is 0 Å². The van der Waals surface area contributed by atoms with E-state index in [-0.39, 0.29) is 5.56 Å². The van der Waals surface area contributed by atoms with Crippen LogP contribution in [0.15, 0.2) is 70.1 Å². The minimum atomic E-state index is -0.953. The van der Waals surface area contributed by atoms with Gasteiger partial charge in [0.05, 0.1) is 10.9 Å². The second-order valence-electron chi connectivity index (χ2n) is 18.1. The Morgan fingerprint density at radius 3 is 1.55 bits per heavy atom. The molecule has 2 aromatic rings. The highest BCUT2D eigenvalue weighted by atomic mass is 16.5. The van der Waals surface area contributed by atoms with E-state index < -0.39 is 5.97 Å². The summed E-state index contributed by atoms with van der Waals surface area (Å²) in [5.74, 6) is -0.284. The van der Waals surface area contributed by atoms with Crippen LogP contribution in [0.1, 0.15) is 216 Å². The molecule has 0 saturated heterocycles. The molecule has 0 atom stereocenters. The zero-order valence-electron chi connectivity index (χ0n) is 39.4. The Labute approximate surface area is 377 Å². The van der Waals surface area contributed by atoms with Gasteiger partial charge in [-0.25, -0.2) is 4.79 Å². The molecule has 6 heteroatoms. The molecule has 2 N–H and O–H groups in total. The number of nitrogens with one attached hydrogen (secondary N) is 1. The van der Waals surface area contributed by atoms with Crippen LogP contribution in [0.3, 0.4) is 0 Å². The molecule has 2 aromatic carbocycles. The van der Waals surface area contributed by atoms with Crippen molar-refractivity contribution in [1.82, 2.24) is 0 Å². The first-order chi connectivity index (χ1) is 30.6. The number of benzene rings is 3. The molecule has 0 aromatic heterocycles. The van der Waals surface area contributed by atoms with E-state index in [9.17, 15) is 9.90 Å². The third-order valence-corrected chi connectivity index (χ3v) is 12.8. The Morgan fingerprint density at radius 1 is 0.565 bits per heavy atom. The number of carboxylic acids is 1. The molecule has 0 bridgehead atoms. The number of fused-ring (bicyclic) bond motifs is 2. The van der Waals surface area contributed by atoms with Crippen molar-refractivity contribution in [2.24, 2.45) is 4.99 Å². The number of rotatable bonds is 38. The number of hydrogen-bond acceptors (Lipinski definition) is 5. The number of unbranched alkanes of at least 4 members (excludes halogenated alkanes) is 29. The SMILES string of the molecule is CCCCCCCCCCCCCCCCCCCCCCCCCCCCCCCCOCCCNc1ccc2c(-c3ccccc3C(=O)O)c3ccc(=NC)cc-3oc2c1. The summed E-state index contributed by atoms with van der Waals surface area (Å²) < 4.78 is 12.3. The second-order valence-corrected chi connectivity index (χ2v) is 18.1. The lowest BCUT2D eigenvalue weighted by Gasteiger charge is -2.17. The maximum atomic E-state index is 12.2. The van der Waals surface area contributed by atoms with Crippen molar-refractivity contribution in [3.63, 3.8) is 0 Å². The molecule has 6 nitrogen and oxygen atoms in total. The lowest BCUT2D eigenvalue weighted by Crippen LogP contribution is -2.07. The Balaban J connectivity index is 0.916. The van der Waals surface area contributed by atoms with E-state index in [1.807, 2.05) is 48.5 Å². The Bertz CT molecular complexity index is 1800. The normalized spacial score (nSPS) is 11.9. The van der Waals surface area contributed by atoms with Gasteiger partial charge in [-0.05, 0) is 48.7 Å². The van der Waals surface area contributed by atoms with E-state index >= 15 is 0 Å². The maximum absolute atomic E-state index is 12.2. The van der Waals surface area contributed by atoms with Gasteiger partial charge >= 0.3 is 5.97 Å². The van der Waals surface area contributed by atoms with E-state index in [4.69, 9.17) is 9.15 Å². The van der Waals surface area contributed by atoms with Gasteiger partial charge in [-0.2, -0.15) is 0 Å². The van der Waals surface area contributed by atoms with E-state index in [0.29, 0.717) is 16.9 Å².